The van der Waals surface area contributed by atoms with E-state index < -0.39 is 17.5 Å². The lowest BCUT2D eigenvalue weighted by Crippen LogP contribution is -2.13. The molecule has 116 valence electrons. The zero-order chi connectivity index (χ0) is 16.3. The Morgan fingerprint density at radius 3 is 2.32 bits per heavy atom. The van der Waals surface area contributed by atoms with Gasteiger partial charge in [0.25, 0.3) is 5.91 Å². The van der Waals surface area contributed by atoms with Crippen LogP contribution in [0.4, 0.5) is 14.5 Å². The molecule has 0 bridgehead atoms. The summed E-state index contributed by atoms with van der Waals surface area (Å²) in [6.45, 7) is 0. The number of ether oxygens (including phenoxy) is 2. The van der Waals surface area contributed by atoms with E-state index in [1.54, 1.807) is 0 Å². The first-order valence-electron chi connectivity index (χ1n) is 6.14. The first-order chi connectivity index (χ1) is 10.5. The molecule has 2 aromatic rings. The number of rotatable bonds is 4. The number of carbonyl (C=O) groups is 1. The van der Waals surface area contributed by atoms with Crippen molar-refractivity contribution in [2.45, 2.75) is 0 Å². The number of halogens is 3. The zero-order valence-corrected chi connectivity index (χ0v) is 12.5. The van der Waals surface area contributed by atoms with Gasteiger partial charge in [0.15, 0.2) is 11.6 Å². The predicted octanol–water partition coefficient (Wildman–Crippen LogP) is 3.89. The molecule has 0 aliphatic heterocycles. The minimum atomic E-state index is -1.10. The molecular formula is C15H12ClF2NO3. The lowest BCUT2D eigenvalue weighted by Gasteiger charge is -2.13. The number of nitrogens with one attached hydrogen (secondary N) is 1. The van der Waals surface area contributed by atoms with Gasteiger partial charge in [-0.15, -0.1) is 0 Å². The second-order valence-corrected chi connectivity index (χ2v) is 4.68. The summed E-state index contributed by atoms with van der Waals surface area (Å²) in [5, 5.41) is 2.79. The third kappa shape index (κ3) is 3.28. The van der Waals surface area contributed by atoms with Crippen molar-refractivity contribution in [3.05, 3.63) is 52.6 Å². The number of amides is 1. The highest BCUT2D eigenvalue weighted by atomic mass is 35.5. The Balaban J connectivity index is 2.31. The van der Waals surface area contributed by atoms with E-state index in [2.05, 4.69) is 5.32 Å². The molecule has 0 unspecified atom stereocenters. The van der Waals surface area contributed by atoms with Crippen LogP contribution in [0.25, 0.3) is 0 Å². The van der Waals surface area contributed by atoms with Crippen LogP contribution in [0.15, 0.2) is 30.3 Å². The van der Waals surface area contributed by atoms with Crippen molar-refractivity contribution in [2.24, 2.45) is 0 Å². The quantitative estimate of drug-likeness (QED) is 0.926. The van der Waals surface area contributed by atoms with E-state index in [1.165, 1.54) is 32.4 Å². The summed E-state index contributed by atoms with van der Waals surface area (Å²) >= 11 is 5.99. The average Bonchev–Trinajstić information content (AvgIpc) is 2.50. The Labute approximate surface area is 130 Å². The number of hydrogen-bond acceptors (Lipinski definition) is 3. The fourth-order valence-electron chi connectivity index (χ4n) is 1.79. The topological polar surface area (TPSA) is 47.6 Å². The molecule has 0 radical (unpaired) electrons. The van der Waals surface area contributed by atoms with Crippen LogP contribution in [0, 0.1) is 11.6 Å². The standard InChI is InChI=1S/C15H12ClF2NO3/c1-21-13-7-14(22-2)12(6-9(13)16)19-15(20)8-3-4-10(17)11(18)5-8/h3-7H,1-2H3,(H,19,20). The summed E-state index contributed by atoms with van der Waals surface area (Å²) in [4.78, 5) is 12.1. The maximum absolute atomic E-state index is 13.2. The van der Waals surface area contributed by atoms with Gasteiger partial charge in [0.2, 0.25) is 0 Å². The van der Waals surface area contributed by atoms with Gasteiger partial charge in [0.1, 0.15) is 11.5 Å². The van der Waals surface area contributed by atoms with Crippen LogP contribution in [-0.4, -0.2) is 20.1 Å². The average molecular weight is 328 g/mol. The first-order valence-corrected chi connectivity index (χ1v) is 6.52. The molecule has 0 aromatic heterocycles. The van der Waals surface area contributed by atoms with E-state index in [9.17, 15) is 13.6 Å². The molecule has 0 aliphatic rings. The second kappa shape index (κ2) is 6.62. The summed E-state index contributed by atoms with van der Waals surface area (Å²) in [5.74, 6) is -2.06. The predicted molar refractivity (Wildman–Crippen MR) is 78.9 cm³/mol. The largest absolute Gasteiger partial charge is 0.495 e. The Morgan fingerprint density at radius 2 is 1.73 bits per heavy atom. The summed E-state index contributed by atoms with van der Waals surface area (Å²) in [7, 11) is 2.86. The van der Waals surface area contributed by atoms with E-state index in [4.69, 9.17) is 21.1 Å². The molecule has 1 N–H and O–H groups in total. The molecular weight excluding hydrogens is 316 g/mol. The summed E-state index contributed by atoms with van der Waals surface area (Å²) in [5.41, 5.74) is 0.246. The van der Waals surface area contributed by atoms with Gasteiger partial charge in [-0.25, -0.2) is 8.78 Å². The van der Waals surface area contributed by atoms with E-state index in [0.29, 0.717) is 11.5 Å². The van der Waals surface area contributed by atoms with Gasteiger partial charge in [0, 0.05) is 11.6 Å². The van der Waals surface area contributed by atoms with Gasteiger partial charge in [-0.3, -0.25) is 4.79 Å². The molecule has 0 spiro atoms. The van der Waals surface area contributed by atoms with Crippen molar-refractivity contribution in [3.63, 3.8) is 0 Å². The maximum Gasteiger partial charge on any atom is 0.255 e. The number of methoxy groups -OCH3 is 2. The van der Waals surface area contributed by atoms with Crippen molar-refractivity contribution in [1.82, 2.24) is 0 Å². The van der Waals surface area contributed by atoms with E-state index in [0.717, 1.165) is 12.1 Å². The molecule has 0 atom stereocenters. The van der Waals surface area contributed by atoms with Gasteiger partial charge >= 0.3 is 0 Å². The Kier molecular flexibility index (Phi) is 4.82. The molecule has 0 aliphatic carbocycles. The zero-order valence-electron chi connectivity index (χ0n) is 11.7. The van der Waals surface area contributed by atoms with Crippen molar-refractivity contribution >= 4 is 23.2 Å². The Morgan fingerprint density at radius 1 is 1.05 bits per heavy atom. The van der Waals surface area contributed by atoms with Gasteiger partial charge in [-0.2, -0.15) is 0 Å². The molecule has 0 saturated carbocycles. The van der Waals surface area contributed by atoms with Crippen LogP contribution in [0.3, 0.4) is 0 Å². The summed E-state index contributed by atoms with van der Waals surface area (Å²) in [6, 6.07) is 5.80. The molecule has 0 fully saturated rings. The van der Waals surface area contributed by atoms with Gasteiger partial charge in [-0.1, -0.05) is 11.6 Å². The number of benzene rings is 2. The van der Waals surface area contributed by atoms with Gasteiger partial charge in [0.05, 0.1) is 24.9 Å². The molecule has 2 aromatic carbocycles. The van der Waals surface area contributed by atoms with Crippen LogP contribution in [0.1, 0.15) is 10.4 Å². The monoisotopic (exact) mass is 327 g/mol. The summed E-state index contributed by atoms with van der Waals surface area (Å²) < 4.78 is 36.2. The maximum atomic E-state index is 13.2. The number of carbonyl (C=O) groups excluding carboxylic acids is 1. The molecule has 0 heterocycles. The molecule has 22 heavy (non-hydrogen) atoms. The molecule has 4 nitrogen and oxygen atoms in total. The van der Waals surface area contributed by atoms with Crippen LogP contribution in [-0.2, 0) is 0 Å². The van der Waals surface area contributed by atoms with E-state index in [1.807, 2.05) is 0 Å². The summed E-state index contributed by atoms with van der Waals surface area (Å²) in [6.07, 6.45) is 0. The minimum Gasteiger partial charge on any atom is -0.495 e. The SMILES string of the molecule is COc1cc(OC)c(NC(=O)c2ccc(F)c(F)c2)cc1Cl. The molecule has 7 heteroatoms. The number of anilines is 1. The van der Waals surface area contributed by atoms with Crippen molar-refractivity contribution in [1.29, 1.82) is 0 Å². The molecule has 0 saturated heterocycles. The first kappa shape index (κ1) is 16.0. The Hall–Kier alpha value is -2.34. The lowest BCUT2D eigenvalue weighted by atomic mass is 10.2. The normalized spacial score (nSPS) is 10.2. The number of hydrogen-bond donors (Lipinski definition) is 1. The Bertz CT molecular complexity index is 722. The molecule has 2 rings (SSSR count). The lowest BCUT2D eigenvalue weighted by molar-refractivity contribution is 0.102. The van der Waals surface area contributed by atoms with Crippen LogP contribution in [0.5, 0.6) is 11.5 Å². The van der Waals surface area contributed by atoms with E-state index >= 15 is 0 Å². The van der Waals surface area contributed by atoms with E-state index in [-0.39, 0.29) is 16.3 Å². The highest BCUT2D eigenvalue weighted by Crippen LogP contribution is 2.36. The van der Waals surface area contributed by atoms with Gasteiger partial charge < -0.3 is 14.8 Å². The van der Waals surface area contributed by atoms with Crippen molar-refractivity contribution in [2.75, 3.05) is 19.5 Å². The minimum absolute atomic E-state index is 0.0344. The fraction of sp³-hybridized carbons (Fsp3) is 0.133. The third-order valence-corrected chi connectivity index (χ3v) is 3.20. The second-order valence-electron chi connectivity index (χ2n) is 4.27. The highest BCUT2D eigenvalue weighted by molar-refractivity contribution is 6.32. The van der Waals surface area contributed by atoms with Crippen LogP contribution >= 0.6 is 11.6 Å². The molecule has 1 amide bonds. The van der Waals surface area contributed by atoms with Gasteiger partial charge in [-0.05, 0) is 24.3 Å². The highest BCUT2D eigenvalue weighted by Gasteiger charge is 2.15. The third-order valence-electron chi connectivity index (χ3n) is 2.90. The van der Waals surface area contributed by atoms with Crippen molar-refractivity contribution < 1.29 is 23.0 Å². The van der Waals surface area contributed by atoms with Crippen molar-refractivity contribution in [3.8, 4) is 11.5 Å². The fourth-order valence-corrected chi connectivity index (χ4v) is 2.03. The smallest absolute Gasteiger partial charge is 0.255 e. The van der Waals surface area contributed by atoms with Crippen LogP contribution in [0.2, 0.25) is 5.02 Å². The van der Waals surface area contributed by atoms with Crippen LogP contribution < -0.4 is 14.8 Å².